The van der Waals surface area contributed by atoms with Crippen LogP contribution in [0, 0.1) is 0 Å². The zero-order valence-corrected chi connectivity index (χ0v) is 17.0. The number of likely N-dealkylation sites (N-methyl/N-ethyl adjacent to an activating group) is 1. The molecule has 0 aliphatic heterocycles. The molecule has 0 amide bonds. The Morgan fingerprint density at radius 3 is 2.12 bits per heavy atom. The van der Waals surface area contributed by atoms with E-state index < -0.39 is 5.60 Å². The molecule has 0 aromatic carbocycles. The maximum absolute atomic E-state index is 10.2. The Hall–Kier alpha value is -2.13. The highest BCUT2D eigenvalue weighted by Gasteiger charge is 2.22. The maximum Gasteiger partial charge on any atom is 0.225 e. The second-order valence-corrected chi connectivity index (χ2v) is 6.56. The van der Waals surface area contributed by atoms with Crippen molar-refractivity contribution in [3.05, 3.63) is 0 Å². The molecule has 0 bridgehead atoms. The van der Waals surface area contributed by atoms with Gasteiger partial charge in [0.05, 0.1) is 5.60 Å². The van der Waals surface area contributed by atoms with Crippen molar-refractivity contribution < 1.29 is 5.11 Å². The third-order valence-corrected chi connectivity index (χ3v) is 3.50. The molecule has 0 aliphatic rings. The number of nitrogens with zero attached hydrogens (tertiary/aromatic N) is 5. The average Bonchev–Trinajstić information content (AvgIpc) is 2.56. The number of aliphatic hydroxyl groups is 1. The van der Waals surface area contributed by atoms with Gasteiger partial charge in [-0.3, -0.25) is 0 Å². The first-order valence-electron chi connectivity index (χ1n) is 8.41. The van der Waals surface area contributed by atoms with Crippen LogP contribution in [-0.4, -0.2) is 64.9 Å². The Morgan fingerprint density at radius 1 is 1.00 bits per heavy atom. The van der Waals surface area contributed by atoms with Crippen LogP contribution in [0.4, 0.5) is 23.5 Å². The zero-order chi connectivity index (χ0) is 18.6. The predicted molar refractivity (Wildman–Crippen MR) is 110 cm³/mol. The first-order valence-corrected chi connectivity index (χ1v) is 8.41. The Morgan fingerprint density at radius 2 is 1.58 bits per heavy atom. The quantitative estimate of drug-likeness (QED) is 0.542. The zero-order valence-electron chi connectivity index (χ0n) is 16.2. The molecule has 0 unspecified atom stereocenters. The van der Waals surface area contributed by atoms with E-state index in [1.807, 2.05) is 11.9 Å². The van der Waals surface area contributed by atoms with Crippen molar-refractivity contribution in [1.29, 1.82) is 0 Å². The molecule has 10 heteroatoms. The third kappa shape index (κ3) is 5.18. The third-order valence-electron chi connectivity index (χ3n) is 3.50. The highest BCUT2D eigenvalue weighted by Crippen LogP contribution is 2.29. The number of aromatic nitrogens is 4. The molecule has 26 heavy (non-hydrogen) atoms. The van der Waals surface area contributed by atoms with E-state index in [-0.39, 0.29) is 12.4 Å². The molecule has 0 saturated heterocycles. The molecule has 2 aromatic heterocycles. The number of rotatable bonds is 8. The Balaban J connectivity index is 0.00000338. The molecule has 0 aliphatic carbocycles. The summed E-state index contributed by atoms with van der Waals surface area (Å²) in [5.74, 6) is 2.26. The SMILES string of the molecule is CCCNc1nc(NC)nc2c(N(C)CC(C)(C)O)nc(NC)nc12.Cl. The number of anilines is 4. The molecule has 146 valence electrons. The van der Waals surface area contributed by atoms with Crippen LogP contribution in [-0.2, 0) is 0 Å². The van der Waals surface area contributed by atoms with Crippen molar-refractivity contribution in [2.24, 2.45) is 0 Å². The van der Waals surface area contributed by atoms with Gasteiger partial charge in [0.2, 0.25) is 11.9 Å². The van der Waals surface area contributed by atoms with E-state index in [0.29, 0.717) is 41.1 Å². The van der Waals surface area contributed by atoms with E-state index in [4.69, 9.17) is 0 Å². The van der Waals surface area contributed by atoms with Gasteiger partial charge in [-0.25, -0.2) is 9.97 Å². The minimum atomic E-state index is -0.867. The van der Waals surface area contributed by atoms with Gasteiger partial charge < -0.3 is 26.0 Å². The number of nitrogens with one attached hydrogen (secondary N) is 3. The van der Waals surface area contributed by atoms with E-state index in [1.54, 1.807) is 27.9 Å². The normalized spacial score (nSPS) is 11.0. The fourth-order valence-electron chi connectivity index (χ4n) is 2.51. The second kappa shape index (κ2) is 9.00. The highest BCUT2D eigenvalue weighted by atomic mass is 35.5. The van der Waals surface area contributed by atoms with Crippen LogP contribution < -0.4 is 20.9 Å². The molecule has 4 N–H and O–H groups in total. The van der Waals surface area contributed by atoms with Gasteiger partial charge in [0, 0.05) is 34.2 Å². The van der Waals surface area contributed by atoms with E-state index in [1.165, 1.54) is 0 Å². The second-order valence-electron chi connectivity index (χ2n) is 6.56. The largest absolute Gasteiger partial charge is 0.389 e. The predicted octanol–water partition coefficient (Wildman–Crippen LogP) is 1.95. The lowest BCUT2D eigenvalue weighted by atomic mass is 10.1. The van der Waals surface area contributed by atoms with E-state index in [2.05, 4.69) is 42.8 Å². The average molecular weight is 385 g/mol. The number of fused-ring (bicyclic) bond motifs is 1. The summed E-state index contributed by atoms with van der Waals surface area (Å²) >= 11 is 0. The van der Waals surface area contributed by atoms with Gasteiger partial charge in [-0.05, 0) is 20.3 Å². The minimum absolute atomic E-state index is 0. The minimum Gasteiger partial charge on any atom is -0.389 e. The van der Waals surface area contributed by atoms with Gasteiger partial charge in [0.1, 0.15) is 11.0 Å². The fourth-order valence-corrected chi connectivity index (χ4v) is 2.51. The van der Waals surface area contributed by atoms with Gasteiger partial charge in [-0.1, -0.05) is 6.92 Å². The lowest BCUT2D eigenvalue weighted by molar-refractivity contribution is 0.0885. The van der Waals surface area contributed by atoms with Crippen LogP contribution in [0.15, 0.2) is 0 Å². The number of hydrogen-bond donors (Lipinski definition) is 4. The van der Waals surface area contributed by atoms with Crippen LogP contribution >= 0.6 is 12.4 Å². The summed E-state index contributed by atoms with van der Waals surface area (Å²) in [6.07, 6.45) is 0.968. The molecule has 0 spiro atoms. The number of hydrogen-bond acceptors (Lipinski definition) is 9. The molecule has 2 heterocycles. The van der Waals surface area contributed by atoms with Crippen molar-refractivity contribution in [3.63, 3.8) is 0 Å². The van der Waals surface area contributed by atoms with Crippen LogP contribution in [0.2, 0.25) is 0 Å². The van der Waals surface area contributed by atoms with E-state index in [0.717, 1.165) is 13.0 Å². The smallest absolute Gasteiger partial charge is 0.225 e. The van der Waals surface area contributed by atoms with Crippen molar-refractivity contribution in [2.45, 2.75) is 32.8 Å². The van der Waals surface area contributed by atoms with Gasteiger partial charge in [-0.2, -0.15) is 9.97 Å². The monoisotopic (exact) mass is 384 g/mol. The molecule has 0 saturated carbocycles. The van der Waals surface area contributed by atoms with Crippen LogP contribution in [0.3, 0.4) is 0 Å². The molecule has 2 rings (SSSR count). The van der Waals surface area contributed by atoms with Gasteiger partial charge in [0.15, 0.2) is 11.6 Å². The van der Waals surface area contributed by atoms with Crippen molar-refractivity contribution in [1.82, 2.24) is 19.9 Å². The lowest BCUT2D eigenvalue weighted by Gasteiger charge is -2.27. The highest BCUT2D eigenvalue weighted by molar-refractivity contribution is 5.94. The lowest BCUT2D eigenvalue weighted by Crippen LogP contribution is -2.37. The molecule has 0 radical (unpaired) electrons. The Bertz CT molecular complexity index is 734. The molecule has 0 atom stereocenters. The maximum atomic E-state index is 10.2. The summed E-state index contributed by atoms with van der Waals surface area (Å²) in [5.41, 5.74) is 0.404. The summed E-state index contributed by atoms with van der Waals surface area (Å²) in [4.78, 5) is 20.0. The molecule has 9 nitrogen and oxygen atoms in total. The Labute approximate surface area is 160 Å². The van der Waals surface area contributed by atoms with E-state index in [9.17, 15) is 5.11 Å². The van der Waals surface area contributed by atoms with Crippen LogP contribution in [0.5, 0.6) is 0 Å². The summed E-state index contributed by atoms with van der Waals surface area (Å²) in [6, 6.07) is 0. The molecule has 2 aromatic rings. The molecule has 0 fully saturated rings. The number of halogens is 1. The van der Waals surface area contributed by atoms with Crippen LogP contribution in [0.25, 0.3) is 11.0 Å². The first-order chi connectivity index (χ1) is 11.8. The summed E-state index contributed by atoms with van der Waals surface area (Å²) in [6.45, 7) is 6.79. The van der Waals surface area contributed by atoms with Crippen LogP contribution in [0.1, 0.15) is 27.2 Å². The summed E-state index contributed by atoms with van der Waals surface area (Å²) in [5, 5.41) is 19.4. The van der Waals surface area contributed by atoms with Gasteiger partial charge in [-0.15, -0.1) is 12.4 Å². The standard InChI is InChI=1S/C16H28N8O.ClH/c1-7-8-19-12-10-11(21-14(17-4)22-12)13(23-15(18-5)20-10)24(6)9-16(2,3)25;/h25H,7-9H2,1-6H3,(H,18,20,23)(H2,17,19,21,22);1H. The Kier molecular flexibility index (Phi) is 7.58. The fraction of sp³-hybridized carbons (Fsp3) is 0.625. The van der Waals surface area contributed by atoms with Crippen molar-refractivity contribution in [3.8, 4) is 0 Å². The molecular weight excluding hydrogens is 356 g/mol. The summed E-state index contributed by atoms with van der Waals surface area (Å²) in [7, 11) is 5.41. The van der Waals surface area contributed by atoms with Gasteiger partial charge in [0.25, 0.3) is 0 Å². The van der Waals surface area contributed by atoms with E-state index >= 15 is 0 Å². The summed E-state index contributed by atoms with van der Waals surface area (Å²) < 4.78 is 0. The van der Waals surface area contributed by atoms with Crippen molar-refractivity contribution in [2.75, 3.05) is 55.1 Å². The first kappa shape index (κ1) is 21.9. The van der Waals surface area contributed by atoms with Crippen molar-refractivity contribution >= 4 is 47.0 Å². The van der Waals surface area contributed by atoms with Gasteiger partial charge >= 0.3 is 0 Å². The molecular formula is C16H29ClN8O. The topological polar surface area (TPSA) is 111 Å².